The second kappa shape index (κ2) is 4.77. The standard InChI is InChI=1S/C15H10FNO3/c1-19-15(18)10-6-11-12(16)7-17-8-14(11)20-13-5-3-2-4-9(10)13/h2-8H,1H3. The lowest BCUT2D eigenvalue weighted by Crippen LogP contribution is -2.03. The van der Waals surface area contributed by atoms with Crippen LogP contribution in [0, 0.1) is 5.82 Å². The summed E-state index contributed by atoms with van der Waals surface area (Å²) in [7, 11) is 1.28. The van der Waals surface area contributed by atoms with Gasteiger partial charge >= 0.3 is 5.97 Å². The lowest BCUT2D eigenvalue weighted by atomic mass is 10.0. The topological polar surface area (TPSA) is 48.4 Å². The van der Waals surface area contributed by atoms with Crippen molar-refractivity contribution >= 4 is 17.6 Å². The van der Waals surface area contributed by atoms with Gasteiger partial charge in [-0.1, -0.05) is 18.2 Å². The molecule has 3 rings (SSSR count). The summed E-state index contributed by atoms with van der Waals surface area (Å²) in [4.78, 5) is 15.7. The number of esters is 1. The molecule has 0 spiro atoms. The fourth-order valence-electron chi connectivity index (χ4n) is 2.05. The number of ether oxygens (including phenoxy) is 2. The Morgan fingerprint density at radius 3 is 2.85 bits per heavy atom. The SMILES string of the molecule is COC(=O)C1=Cc2c(F)cncc2Oc2ccccc21. The minimum atomic E-state index is -0.559. The van der Waals surface area contributed by atoms with Gasteiger partial charge in [0.1, 0.15) is 5.75 Å². The highest BCUT2D eigenvalue weighted by atomic mass is 19.1. The highest BCUT2D eigenvalue weighted by molar-refractivity contribution is 6.22. The van der Waals surface area contributed by atoms with Crippen molar-refractivity contribution in [1.29, 1.82) is 0 Å². The summed E-state index contributed by atoms with van der Waals surface area (Å²) in [6.45, 7) is 0. The smallest absolute Gasteiger partial charge is 0.338 e. The summed E-state index contributed by atoms with van der Waals surface area (Å²) in [6.07, 6.45) is 3.90. The van der Waals surface area contributed by atoms with Gasteiger partial charge in [0.25, 0.3) is 0 Å². The van der Waals surface area contributed by atoms with E-state index in [0.717, 1.165) is 6.20 Å². The van der Waals surface area contributed by atoms with Crippen LogP contribution in [-0.4, -0.2) is 18.1 Å². The third kappa shape index (κ3) is 1.93. The van der Waals surface area contributed by atoms with Gasteiger partial charge in [-0.3, -0.25) is 4.98 Å². The van der Waals surface area contributed by atoms with Crippen molar-refractivity contribution in [1.82, 2.24) is 4.98 Å². The maximum atomic E-state index is 13.9. The minimum absolute atomic E-state index is 0.177. The van der Waals surface area contributed by atoms with E-state index in [2.05, 4.69) is 4.98 Å². The Labute approximate surface area is 114 Å². The van der Waals surface area contributed by atoms with Crippen molar-refractivity contribution in [3.05, 3.63) is 53.6 Å². The van der Waals surface area contributed by atoms with Crippen molar-refractivity contribution in [3.63, 3.8) is 0 Å². The average molecular weight is 271 g/mol. The first-order valence-corrected chi connectivity index (χ1v) is 5.91. The second-order valence-corrected chi connectivity index (χ2v) is 4.18. The molecule has 0 radical (unpaired) electrons. The molecule has 1 aliphatic heterocycles. The van der Waals surface area contributed by atoms with Crippen LogP contribution in [0.25, 0.3) is 11.6 Å². The molecule has 0 bridgehead atoms. The van der Waals surface area contributed by atoms with Gasteiger partial charge in [0.15, 0.2) is 11.6 Å². The van der Waals surface area contributed by atoms with Gasteiger partial charge in [-0.25, -0.2) is 9.18 Å². The summed E-state index contributed by atoms with van der Waals surface area (Å²) in [5.74, 6) is -0.395. The van der Waals surface area contributed by atoms with Crippen LogP contribution >= 0.6 is 0 Å². The third-order valence-electron chi connectivity index (χ3n) is 2.99. The zero-order valence-corrected chi connectivity index (χ0v) is 10.6. The predicted octanol–water partition coefficient (Wildman–Crippen LogP) is 3.04. The number of halogens is 1. The largest absolute Gasteiger partial charge is 0.465 e. The lowest BCUT2D eigenvalue weighted by molar-refractivity contribution is -0.133. The molecule has 1 aliphatic rings. The van der Waals surface area contributed by atoms with Gasteiger partial charge in [0, 0.05) is 5.56 Å². The van der Waals surface area contributed by atoms with Crippen LogP contribution in [-0.2, 0) is 9.53 Å². The van der Waals surface area contributed by atoms with Crippen molar-refractivity contribution in [2.24, 2.45) is 0 Å². The Kier molecular flexibility index (Phi) is 2.95. The van der Waals surface area contributed by atoms with E-state index in [1.165, 1.54) is 19.4 Å². The number of nitrogens with zero attached hydrogens (tertiary/aromatic N) is 1. The van der Waals surface area contributed by atoms with Crippen LogP contribution in [0.2, 0.25) is 0 Å². The van der Waals surface area contributed by atoms with Crippen LogP contribution in [0.4, 0.5) is 4.39 Å². The van der Waals surface area contributed by atoms with Crippen LogP contribution < -0.4 is 4.74 Å². The fourth-order valence-corrected chi connectivity index (χ4v) is 2.05. The van der Waals surface area contributed by atoms with Gasteiger partial charge in [0.2, 0.25) is 0 Å². The van der Waals surface area contributed by atoms with Crippen molar-refractivity contribution in [3.8, 4) is 11.5 Å². The predicted molar refractivity (Wildman–Crippen MR) is 70.6 cm³/mol. The Bertz CT molecular complexity index is 725. The number of hydrogen-bond donors (Lipinski definition) is 0. The summed E-state index contributed by atoms with van der Waals surface area (Å²) in [6, 6.07) is 6.95. The maximum absolute atomic E-state index is 13.9. The molecule has 5 heteroatoms. The molecular weight excluding hydrogens is 261 g/mol. The van der Waals surface area contributed by atoms with Gasteiger partial charge < -0.3 is 9.47 Å². The first-order chi connectivity index (χ1) is 9.70. The molecule has 0 fully saturated rings. The molecular formula is C15H10FNO3. The van der Waals surface area contributed by atoms with E-state index in [-0.39, 0.29) is 16.9 Å². The normalized spacial score (nSPS) is 12.4. The molecule has 0 saturated heterocycles. The van der Waals surface area contributed by atoms with Crippen LogP contribution in [0.3, 0.4) is 0 Å². The van der Waals surface area contributed by atoms with Crippen LogP contribution in [0.1, 0.15) is 11.1 Å². The Morgan fingerprint density at radius 2 is 2.05 bits per heavy atom. The molecule has 0 aliphatic carbocycles. The quantitative estimate of drug-likeness (QED) is 0.748. The monoisotopic (exact) mass is 271 g/mol. The Hall–Kier alpha value is -2.69. The summed E-state index contributed by atoms with van der Waals surface area (Å²) >= 11 is 0. The van der Waals surface area contributed by atoms with E-state index in [1.54, 1.807) is 24.3 Å². The van der Waals surface area contributed by atoms with E-state index < -0.39 is 11.8 Å². The van der Waals surface area contributed by atoms with E-state index in [4.69, 9.17) is 9.47 Å². The van der Waals surface area contributed by atoms with E-state index in [1.807, 2.05) is 0 Å². The number of hydrogen-bond acceptors (Lipinski definition) is 4. The van der Waals surface area contributed by atoms with Crippen molar-refractivity contribution < 1.29 is 18.7 Å². The number of carbonyl (C=O) groups excluding carboxylic acids is 1. The molecule has 0 unspecified atom stereocenters. The van der Waals surface area contributed by atoms with Crippen molar-refractivity contribution in [2.75, 3.05) is 7.11 Å². The van der Waals surface area contributed by atoms with Crippen LogP contribution in [0.15, 0.2) is 36.7 Å². The second-order valence-electron chi connectivity index (χ2n) is 4.18. The molecule has 0 saturated carbocycles. The number of benzene rings is 1. The Morgan fingerprint density at radius 1 is 1.25 bits per heavy atom. The molecule has 0 N–H and O–H groups in total. The van der Waals surface area contributed by atoms with Gasteiger partial charge in [-0.2, -0.15) is 0 Å². The number of fused-ring (bicyclic) bond motifs is 2. The molecule has 0 atom stereocenters. The maximum Gasteiger partial charge on any atom is 0.338 e. The molecule has 20 heavy (non-hydrogen) atoms. The highest BCUT2D eigenvalue weighted by Crippen LogP contribution is 2.38. The third-order valence-corrected chi connectivity index (χ3v) is 2.99. The molecule has 2 heterocycles. The highest BCUT2D eigenvalue weighted by Gasteiger charge is 2.23. The lowest BCUT2D eigenvalue weighted by Gasteiger charge is -2.09. The number of pyridine rings is 1. The minimum Gasteiger partial charge on any atom is -0.465 e. The van der Waals surface area contributed by atoms with Gasteiger partial charge in [-0.05, 0) is 12.1 Å². The van der Waals surface area contributed by atoms with E-state index in [0.29, 0.717) is 11.3 Å². The van der Waals surface area contributed by atoms with Crippen molar-refractivity contribution in [2.45, 2.75) is 0 Å². The fraction of sp³-hybridized carbons (Fsp3) is 0.0667. The Balaban J connectivity index is 2.29. The molecule has 2 aromatic rings. The molecule has 1 aromatic carbocycles. The zero-order chi connectivity index (χ0) is 14.1. The van der Waals surface area contributed by atoms with Gasteiger partial charge in [-0.15, -0.1) is 0 Å². The number of methoxy groups -OCH3 is 1. The summed E-state index contributed by atoms with van der Waals surface area (Å²) in [5.41, 5.74) is 0.971. The summed E-state index contributed by atoms with van der Waals surface area (Å²) < 4.78 is 24.3. The summed E-state index contributed by atoms with van der Waals surface area (Å²) in [5, 5.41) is 0. The average Bonchev–Trinajstić information content (AvgIpc) is 2.64. The number of para-hydroxylation sites is 1. The van der Waals surface area contributed by atoms with Gasteiger partial charge in [0.05, 0.1) is 30.6 Å². The van der Waals surface area contributed by atoms with E-state index in [9.17, 15) is 9.18 Å². The number of rotatable bonds is 1. The van der Waals surface area contributed by atoms with Crippen LogP contribution in [0.5, 0.6) is 11.5 Å². The molecule has 1 aromatic heterocycles. The zero-order valence-electron chi connectivity index (χ0n) is 10.6. The number of carbonyl (C=O) groups is 1. The first-order valence-electron chi connectivity index (χ1n) is 5.91. The molecule has 0 amide bonds. The van der Waals surface area contributed by atoms with E-state index >= 15 is 0 Å². The molecule has 100 valence electrons. The number of aromatic nitrogens is 1. The first kappa shape index (κ1) is 12.3. The molecule has 4 nitrogen and oxygen atoms in total.